The lowest BCUT2D eigenvalue weighted by molar-refractivity contribution is 0.0932. The van der Waals surface area contributed by atoms with E-state index in [-0.39, 0.29) is 11.7 Å². The third kappa shape index (κ3) is 3.42. The number of amides is 1. The summed E-state index contributed by atoms with van der Waals surface area (Å²) in [7, 11) is 0. The molecule has 0 aliphatic carbocycles. The van der Waals surface area contributed by atoms with E-state index in [0.29, 0.717) is 17.3 Å². The highest BCUT2D eigenvalue weighted by atomic mass is 19.1. The molecule has 0 saturated carbocycles. The number of carbonyl (C=O) groups excluding carboxylic acids is 1. The van der Waals surface area contributed by atoms with E-state index in [4.69, 9.17) is 4.52 Å². The molecule has 23 heavy (non-hydrogen) atoms. The lowest BCUT2D eigenvalue weighted by atomic mass is 10.2. The summed E-state index contributed by atoms with van der Waals surface area (Å²) in [5, 5.41) is 6.65. The molecule has 6 heteroatoms. The molecule has 0 spiro atoms. The molecule has 1 amide bonds. The van der Waals surface area contributed by atoms with Gasteiger partial charge in [0.05, 0.1) is 0 Å². The average molecular weight is 311 g/mol. The first kappa shape index (κ1) is 14.9. The molecule has 1 N–H and O–H groups in total. The molecular formula is C17H14FN3O2. The highest BCUT2D eigenvalue weighted by Gasteiger charge is 2.18. The Labute approximate surface area is 132 Å². The highest BCUT2D eigenvalue weighted by molar-refractivity contribution is 5.94. The van der Waals surface area contributed by atoms with Crippen molar-refractivity contribution < 1.29 is 13.7 Å². The van der Waals surface area contributed by atoms with E-state index >= 15 is 0 Å². The minimum absolute atomic E-state index is 0.305. The third-order valence-corrected chi connectivity index (χ3v) is 3.30. The van der Waals surface area contributed by atoms with Gasteiger partial charge in [0.25, 0.3) is 5.91 Å². The van der Waals surface area contributed by atoms with Gasteiger partial charge < -0.3 is 9.84 Å². The fraction of sp³-hybridized carbons (Fsp3) is 0.118. The fourth-order valence-corrected chi connectivity index (χ4v) is 2.06. The van der Waals surface area contributed by atoms with Gasteiger partial charge in [-0.3, -0.25) is 4.79 Å². The second kappa shape index (κ2) is 6.39. The predicted molar refractivity (Wildman–Crippen MR) is 82.0 cm³/mol. The van der Waals surface area contributed by atoms with E-state index in [1.807, 2.05) is 30.3 Å². The van der Waals surface area contributed by atoms with Crippen LogP contribution < -0.4 is 5.32 Å². The lowest BCUT2D eigenvalue weighted by Gasteiger charge is -2.09. The second-order valence-corrected chi connectivity index (χ2v) is 5.02. The SMILES string of the molecule is C[C@@H](NC(=O)c1ccc(F)cc1)c1nc(-c2ccccc2)no1. The first-order valence-corrected chi connectivity index (χ1v) is 7.09. The van der Waals surface area contributed by atoms with E-state index in [2.05, 4.69) is 15.5 Å². The van der Waals surface area contributed by atoms with Gasteiger partial charge in [0, 0.05) is 11.1 Å². The number of halogens is 1. The molecule has 3 rings (SSSR count). The van der Waals surface area contributed by atoms with Crippen molar-refractivity contribution in [1.29, 1.82) is 0 Å². The fourth-order valence-electron chi connectivity index (χ4n) is 2.06. The highest BCUT2D eigenvalue weighted by Crippen LogP contribution is 2.18. The maximum absolute atomic E-state index is 12.9. The van der Waals surface area contributed by atoms with Crippen LogP contribution in [0, 0.1) is 5.82 Å². The number of rotatable bonds is 4. The van der Waals surface area contributed by atoms with Crippen molar-refractivity contribution in [2.45, 2.75) is 13.0 Å². The van der Waals surface area contributed by atoms with Crippen LogP contribution in [0.5, 0.6) is 0 Å². The van der Waals surface area contributed by atoms with Gasteiger partial charge in [-0.2, -0.15) is 4.98 Å². The van der Waals surface area contributed by atoms with Gasteiger partial charge in [0.1, 0.15) is 11.9 Å². The van der Waals surface area contributed by atoms with Gasteiger partial charge in [-0.15, -0.1) is 0 Å². The summed E-state index contributed by atoms with van der Waals surface area (Å²) in [5.74, 6) is 0.0405. The maximum atomic E-state index is 12.9. The number of hydrogen-bond donors (Lipinski definition) is 1. The number of carbonyl (C=O) groups is 1. The predicted octanol–water partition coefficient (Wildman–Crippen LogP) is 3.37. The summed E-state index contributed by atoms with van der Waals surface area (Å²) in [6, 6.07) is 14.2. The van der Waals surface area contributed by atoms with Gasteiger partial charge in [-0.05, 0) is 31.2 Å². The summed E-state index contributed by atoms with van der Waals surface area (Å²) in [6.07, 6.45) is 0. The zero-order chi connectivity index (χ0) is 16.2. The zero-order valence-corrected chi connectivity index (χ0v) is 12.4. The molecule has 2 aromatic carbocycles. The summed E-state index contributed by atoms with van der Waals surface area (Å²) in [5.41, 5.74) is 1.20. The Bertz CT molecular complexity index is 800. The minimum atomic E-state index is -0.461. The van der Waals surface area contributed by atoms with Gasteiger partial charge in [0.2, 0.25) is 11.7 Å². The van der Waals surface area contributed by atoms with Crippen LogP contribution in [-0.2, 0) is 0 Å². The zero-order valence-electron chi connectivity index (χ0n) is 12.4. The van der Waals surface area contributed by atoms with Crippen LogP contribution in [0.15, 0.2) is 59.1 Å². The normalized spacial score (nSPS) is 11.9. The molecule has 0 saturated heterocycles. The van der Waals surface area contributed by atoms with Crippen LogP contribution in [0.1, 0.15) is 29.2 Å². The standard InChI is InChI=1S/C17H14FN3O2/c1-11(19-16(22)13-7-9-14(18)10-8-13)17-20-15(21-23-17)12-5-3-2-4-6-12/h2-11H,1H3,(H,19,22)/t11-/m1/s1. The quantitative estimate of drug-likeness (QED) is 0.802. The molecule has 0 radical (unpaired) electrons. The molecule has 0 fully saturated rings. The van der Waals surface area contributed by atoms with Crippen LogP contribution in [0.25, 0.3) is 11.4 Å². The first-order valence-electron chi connectivity index (χ1n) is 7.09. The van der Waals surface area contributed by atoms with E-state index < -0.39 is 6.04 Å². The minimum Gasteiger partial charge on any atom is -0.341 e. The van der Waals surface area contributed by atoms with Crippen LogP contribution in [0.4, 0.5) is 4.39 Å². The van der Waals surface area contributed by atoms with Gasteiger partial charge in [-0.1, -0.05) is 35.5 Å². The van der Waals surface area contributed by atoms with Crippen LogP contribution in [0.2, 0.25) is 0 Å². The number of aromatic nitrogens is 2. The van der Waals surface area contributed by atoms with E-state index in [0.717, 1.165) is 5.56 Å². The third-order valence-electron chi connectivity index (χ3n) is 3.30. The number of nitrogens with one attached hydrogen (secondary N) is 1. The molecule has 116 valence electrons. The van der Waals surface area contributed by atoms with E-state index in [1.165, 1.54) is 24.3 Å². The molecule has 3 aromatic rings. The van der Waals surface area contributed by atoms with Crippen molar-refractivity contribution in [2.24, 2.45) is 0 Å². The second-order valence-electron chi connectivity index (χ2n) is 5.02. The average Bonchev–Trinajstić information content (AvgIpc) is 3.06. The van der Waals surface area contributed by atoms with Crippen molar-refractivity contribution in [1.82, 2.24) is 15.5 Å². The molecule has 0 aliphatic rings. The van der Waals surface area contributed by atoms with Crippen molar-refractivity contribution in [2.75, 3.05) is 0 Å². The Hall–Kier alpha value is -3.02. The number of benzene rings is 2. The number of hydrogen-bond acceptors (Lipinski definition) is 4. The number of nitrogens with zero attached hydrogens (tertiary/aromatic N) is 2. The summed E-state index contributed by atoms with van der Waals surface area (Å²) < 4.78 is 18.1. The molecule has 1 atom stereocenters. The van der Waals surface area contributed by atoms with Gasteiger partial charge in [0.15, 0.2) is 0 Å². The summed E-state index contributed by atoms with van der Waals surface area (Å²) >= 11 is 0. The van der Waals surface area contributed by atoms with E-state index in [9.17, 15) is 9.18 Å². The molecule has 1 heterocycles. The van der Waals surface area contributed by atoms with Crippen molar-refractivity contribution in [3.05, 3.63) is 71.9 Å². The Kier molecular flexibility index (Phi) is 4.14. The van der Waals surface area contributed by atoms with Crippen LogP contribution in [-0.4, -0.2) is 16.0 Å². The monoisotopic (exact) mass is 311 g/mol. The maximum Gasteiger partial charge on any atom is 0.251 e. The van der Waals surface area contributed by atoms with Gasteiger partial charge in [-0.25, -0.2) is 4.39 Å². The van der Waals surface area contributed by atoms with Crippen molar-refractivity contribution >= 4 is 5.91 Å². The summed E-state index contributed by atoms with van der Waals surface area (Å²) in [4.78, 5) is 16.4. The Morgan fingerprint density at radius 1 is 1.13 bits per heavy atom. The first-order chi connectivity index (χ1) is 11.1. The topological polar surface area (TPSA) is 68.0 Å². The molecule has 0 bridgehead atoms. The molecule has 0 aliphatic heterocycles. The molecule has 5 nitrogen and oxygen atoms in total. The van der Waals surface area contributed by atoms with Crippen LogP contribution >= 0.6 is 0 Å². The molecule has 0 unspecified atom stereocenters. The van der Waals surface area contributed by atoms with Crippen molar-refractivity contribution in [3.63, 3.8) is 0 Å². The lowest BCUT2D eigenvalue weighted by Crippen LogP contribution is -2.26. The van der Waals surface area contributed by atoms with Crippen LogP contribution in [0.3, 0.4) is 0 Å². The largest absolute Gasteiger partial charge is 0.341 e. The Morgan fingerprint density at radius 3 is 2.52 bits per heavy atom. The molecule has 1 aromatic heterocycles. The Balaban J connectivity index is 1.71. The smallest absolute Gasteiger partial charge is 0.251 e. The van der Waals surface area contributed by atoms with Crippen molar-refractivity contribution in [3.8, 4) is 11.4 Å². The van der Waals surface area contributed by atoms with E-state index in [1.54, 1.807) is 6.92 Å². The summed E-state index contributed by atoms with van der Waals surface area (Å²) in [6.45, 7) is 1.74. The van der Waals surface area contributed by atoms with Gasteiger partial charge >= 0.3 is 0 Å². The Morgan fingerprint density at radius 2 is 1.83 bits per heavy atom. The molecular weight excluding hydrogens is 297 g/mol.